The number of carbonyl (C=O) groups is 2. The van der Waals surface area contributed by atoms with E-state index in [4.69, 9.17) is 9.47 Å². The molecule has 170 valence electrons. The summed E-state index contributed by atoms with van der Waals surface area (Å²) in [5.41, 5.74) is 5.94. The van der Waals surface area contributed by atoms with Gasteiger partial charge in [0.1, 0.15) is 11.5 Å². The quantitative estimate of drug-likeness (QED) is 0.331. The van der Waals surface area contributed by atoms with Crippen LogP contribution in [0.5, 0.6) is 11.5 Å². The molecule has 0 radical (unpaired) electrons. The van der Waals surface area contributed by atoms with Crippen LogP contribution in [0.25, 0.3) is 0 Å². The predicted octanol–water partition coefficient (Wildman–Crippen LogP) is 3.82. The molecule has 0 aliphatic heterocycles. The number of ether oxygens (including phenoxy) is 2. The first-order valence-electron chi connectivity index (χ1n) is 9.85. The minimum absolute atomic E-state index is 0.0853. The number of hydrogen-bond acceptors (Lipinski definition) is 6. The molecule has 2 amide bonds. The number of hydrazine groups is 1. The zero-order valence-corrected chi connectivity index (χ0v) is 18.9. The van der Waals surface area contributed by atoms with Gasteiger partial charge in [0.25, 0.3) is 17.5 Å². The highest BCUT2D eigenvalue weighted by molar-refractivity contribution is 9.10. The Morgan fingerprint density at radius 3 is 2.33 bits per heavy atom. The van der Waals surface area contributed by atoms with E-state index < -0.39 is 16.7 Å². The molecule has 0 spiro atoms. The summed E-state index contributed by atoms with van der Waals surface area (Å²) >= 11 is 3.39. The van der Waals surface area contributed by atoms with E-state index in [0.29, 0.717) is 22.4 Å². The number of nitro benzene ring substituents is 1. The highest BCUT2D eigenvalue weighted by Crippen LogP contribution is 2.26. The van der Waals surface area contributed by atoms with Crippen molar-refractivity contribution in [3.63, 3.8) is 0 Å². The van der Waals surface area contributed by atoms with Gasteiger partial charge < -0.3 is 9.47 Å². The Balaban J connectivity index is 1.43. The van der Waals surface area contributed by atoms with E-state index >= 15 is 0 Å². The topological polar surface area (TPSA) is 120 Å². The second-order valence-electron chi connectivity index (χ2n) is 6.77. The van der Waals surface area contributed by atoms with E-state index in [1.807, 2.05) is 30.3 Å². The molecule has 2 N–H and O–H groups in total. The zero-order chi connectivity index (χ0) is 23.6. The van der Waals surface area contributed by atoms with Crippen molar-refractivity contribution >= 4 is 33.4 Å². The van der Waals surface area contributed by atoms with Crippen LogP contribution in [0.4, 0.5) is 5.69 Å². The summed E-state index contributed by atoms with van der Waals surface area (Å²) in [5.74, 6) is -0.228. The molecule has 0 aromatic heterocycles. The van der Waals surface area contributed by atoms with Crippen LogP contribution >= 0.6 is 15.9 Å². The van der Waals surface area contributed by atoms with Gasteiger partial charge in [0.2, 0.25) is 0 Å². The van der Waals surface area contributed by atoms with Gasteiger partial charge in [0.05, 0.1) is 16.0 Å². The molecule has 0 heterocycles. The monoisotopic (exact) mass is 513 g/mol. The molecule has 0 aliphatic rings. The number of nitro groups is 1. The number of hydrogen-bond donors (Lipinski definition) is 2. The summed E-state index contributed by atoms with van der Waals surface area (Å²) in [5, 5.41) is 10.6. The van der Waals surface area contributed by atoms with E-state index in [2.05, 4.69) is 26.8 Å². The van der Waals surface area contributed by atoms with Crippen LogP contribution in [-0.4, -0.2) is 30.0 Å². The zero-order valence-electron chi connectivity index (χ0n) is 17.3. The Hall–Kier alpha value is -3.92. The van der Waals surface area contributed by atoms with Crippen LogP contribution in [0.1, 0.15) is 15.9 Å². The minimum Gasteiger partial charge on any atom is -0.492 e. The minimum atomic E-state index is -0.596. The summed E-state index contributed by atoms with van der Waals surface area (Å²) in [6.07, 6.45) is 0.753. The van der Waals surface area contributed by atoms with E-state index in [0.717, 1.165) is 12.0 Å². The van der Waals surface area contributed by atoms with Gasteiger partial charge >= 0.3 is 0 Å². The van der Waals surface area contributed by atoms with Crippen LogP contribution < -0.4 is 20.3 Å². The molecule has 3 rings (SSSR count). The fraction of sp³-hybridized carbons (Fsp3) is 0.130. The number of nitrogens with one attached hydrogen (secondary N) is 2. The second kappa shape index (κ2) is 11.6. The molecule has 33 heavy (non-hydrogen) atoms. The predicted molar refractivity (Wildman–Crippen MR) is 124 cm³/mol. The number of nitrogens with zero attached hydrogens (tertiary/aromatic N) is 1. The van der Waals surface area contributed by atoms with Gasteiger partial charge in [-0.1, -0.05) is 30.3 Å². The van der Waals surface area contributed by atoms with E-state index in [1.54, 1.807) is 18.2 Å². The third-order valence-corrected chi connectivity index (χ3v) is 5.04. The van der Waals surface area contributed by atoms with Crippen molar-refractivity contribution in [1.82, 2.24) is 10.9 Å². The maximum Gasteiger partial charge on any atom is 0.276 e. The lowest BCUT2D eigenvalue weighted by atomic mass is 10.2. The first kappa shape index (κ1) is 23.7. The Morgan fingerprint density at radius 1 is 0.939 bits per heavy atom. The van der Waals surface area contributed by atoms with Gasteiger partial charge in [-0.3, -0.25) is 30.6 Å². The van der Waals surface area contributed by atoms with E-state index in [9.17, 15) is 19.7 Å². The molecule has 10 heteroatoms. The van der Waals surface area contributed by atoms with Crippen molar-refractivity contribution in [2.45, 2.75) is 6.42 Å². The summed E-state index contributed by atoms with van der Waals surface area (Å²) < 4.78 is 11.6. The molecule has 0 atom stereocenters. The lowest BCUT2D eigenvalue weighted by molar-refractivity contribution is -0.384. The van der Waals surface area contributed by atoms with Crippen molar-refractivity contribution in [3.05, 3.63) is 98.5 Å². The van der Waals surface area contributed by atoms with Crippen molar-refractivity contribution in [2.24, 2.45) is 0 Å². The Labute approximate surface area is 198 Å². The lowest BCUT2D eigenvalue weighted by Gasteiger charge is -2.11. The Bertz CT molecular complexity index is 1120. The Kier molecular flexibility index (Phi) is 8.36. The van der Waals surface area contributed by atoms with Gasteiger partial charge in [-0.05, 0) is 51.8 Å². The summed E-state index contributed by atoms with van der Waals surface area (Å²) in [4.78, 5) is 34.3. The van der Waals surface area contributed by atoms with Crippen LogP contribution in [-0.2, 0) is 11.2 Å². The molecule has 3 aromatic carbocycles. The van der Waals surface area contributed by atoms with Crippen LogP contribution in [0.2, 0.25) is 0 Å². The Morgan fingerprint density at radius 2 is 1.67 bits per heavy atom. The van der Waals surface area contributed by atoms with E-state index in [-0.39, 0.29) is 18.0 Å². The van der Waals surface area contributed by atoms with Gasteiger partial charge in [-0.2, -0.15) is 0 Å². The fourth-order valence-electron chi connectivity index (χ4n) is 2.73. The standard InChI is InChI=1S/C23H20BrN3O6/c24-20-14-17(6-11-21(20)32-13-12-16-4-2-1-3-5-16)23(29)26-25-22(28)15-33-19-9-7-18(8-10-19)27(30)31/h1-11,14H,12-13,15H2,(H,25,28)(H,26,29). The first-order chi connectivity index (χ1) is 15.9. The molecule has 0 aliphatic carbocycles. The number of non-ortho nitro benzene ring substituents is 1. The molecule has 0 fully saturated rings. The number of benzene rings is 3. The molecular weight excluding hydrogens is 494 g/mol. The molecule has 0 unspecified atom stereocenters. The highest BCUT2D eigenvalue weighted by Gasteiger charge is 2.11. The maximum absolute atomic E-state index is 12.3. The summed E-state index contributed by atoms with van der Waals surface area (Å²) in [7, 11) is 0. The summed E-state index contributed by atoms with van der Waals surface area (Å²) in [6.45, 7) is 0.106. The van der Waals surface area contributed by atoms with Crippen LogP contribution in [0.15, 0.2) is 77.3 Å². The van der Waals surface area contributed by atoms with Gasteiger partial charge in [0.15, 0.2) is 6.61 Å². The average Bonchev–Trinajstić information content (AvgIpc) is 2.83. The number of rotatable bonds is 9. The third-order valence-electron chi connectivity index (χ3n) is 4.42. The van der Waals surface area contributed by atoms with Crippen LogP contribution in [0, 0.1) is 10.1 Å². The molecular formula is C23H20BrN3O6. The second-order valence-corrected chi connectivity index (χ2v) is 7.63. The maximum atomic E-state index is 12.3. The fourth-order valence-corrected chi connectivity index (χ4v) is 3.22. The molecule has 0 saturated carbocycles. The third kappa shape index (κ3) is 7.32. The lowest BCUT2D eigenvalue weighted by Crippen LogP contribution is -2.43. The largest absolute Gasteiger partial charge is 0.492 e. The van der Waals surface area contributed by atoms with Crippen molar-refractivity contribution in [1.29, 1.82) is 0 Å². The molecule has 9 nitrogen and oxygen atoms in total. The van der Waals surface area contributed by atoms with Gasteiger partial charge in [-0.25, -0.2) is 0 Å². The number of carbonyl (C=O) groups excluding carboxylic acids is 2. The molecule has 0 bridgehead atoms. The molecule has 0 saturated heterocycles. The van der Waals surface area contributed by atoms with E-state index in [1.165, 1.54) is 24.3 Å². The van der Waals surface area contributed by atoms with Gasteiger partial charge in [0, 0.05) is 24.1 Å². The molecule has 3 aromatic rings. The van der Waals surface area contributed by atoms with Crippen LogP contribution in [0.3, 0.4) is 0 Å². The number of halogens is 1. The first-order valence-corrected chi connectivity index (χ1v) is 10.6. The normalized spacial score (nSPS) is 10.2. The average molecular weight is 514 g/mol. The van der Waals surface area contributed by atoms with Crippen molar-refractivity contribution in [3.8, 4) is 11.5 Å². The smallest absolute Gasteiger partial charge is 0.276 e. The number of amides is 2. The van der Waals surface area contributed by atoms with Crippen molar-refractivity contribution < 1.29 is 24.0 Å². The SMILES string of the molecule is O=C(COc1ccc([N+](=O)[O-])cc1)NNC(=O)c1ccc(OCCc2ccccc2)c(Br)c1. The highest BCUT2D eigenvalue weighted by atomic mass is 79.9. The van der Waals surface area contributed by atoms with Gasteiger partial charge in [-0.15, -0.1) is 0 Å². The van der Waals surface area contributed by atoms with Crippen molar-refractivity contribution in [2.75, 3.05) is 13.2 Å². The summed E-state index contributed by atoms with van der Waals surface area (Å²) in [6, 6.07) is 20.1.